The van der Waals surface area contributed by atoms with E-state index >= 15 is 0 Å². The molecule has 10 aromatic carbocycles. The van der Waals surface area contributed by atoms with Crippen LogP contribution in [0, 0.1) is 0 Å². The summed E-state index contributed by atoms with van der Waals surface area (Å²) in [6.07, 6.45) is 0. The maximum absolute atomic E-state index is 9.55. The van der Waals surface area contributed by atoms with Gasteiger partial charge in [-0.15, -0.1) is 0 Å². The Hall–Kier alpha value is -7.22. The molecule has 0 spiro atoms. The van der Waals surface area contributed by atoms with Gasteiger partial charge in [0.05, 0.1) is 17.8 Å². The van der Waals surface area contributed by atoms with E-state index in [1.807, 2.05) is 84.9 Å². The molecular weight excluding hydrogens is 663 g/mol. The van der Waals surface area contributed by atoms with Gasteiger partial charge in [-0.05, 0) is 125 Å². The Balaban J connectivity index is 1.17. The van der Waals surface area contributed by atoms with Crippen molar-refractivity contribution in [3.8, 4) is 44.5 Å². The summed E-state index contributed by atoms with van der Waals surface area (Å²) in [6, 6.07) is 38.2. The van der Waals surface area contributed by atoms with Gasteiger partial charge in [-0.1, -0.05) is 176 Å². The first kappa shape index (κ1) is 21.5. The van der Waals surface area contributed by atoms with Crippen molar-refractivity contribution in [1.29, 1.82) is 0 Å². The van der Waals surface area contributed by atoms with Crippen molar-refractivity contribution in [2.75, 3.05) is 4.90 Å². The van der Waals surface area contributed by atoms with E-state index in [0.717, 1.165) is 54.6 Å². The van der Waals surface area contributed by atoms with E-state index in [1.54, 1.807) is 30.3 Å². The highest BCUT2D eigenvalue weighted by atomic mass is 15.1. The molecule has 10 rings (SSSR count). The molecule has 0 aromatic heterocycles. The lowest BCUT2D eigenvalue weighted by atomic mass is 9.95. The number of hydrogen-bond acceptors (Lipinski definition) is 1. The summed E-state index contributed by atoms with van der Waals surface area (Å²) in [7, 11) is 0. The van der Waals surface area contributed by atoms with Crippen LogP contribution in [0.3, 0.4) is 0 Å². The number of hydrogen-bond donors (Lipinski definition) is 0. The fourth-order valence-corrected chi connectivity index (χ4v) is 7.16. The first-order valence-corrected chi connectivity index (χ1v) is 17.9. The molecule has 0 aliphatic rings. The number of benzene rings is 10. The third-order valence-electron chi connectivity index (χ3n) is 9.88. The summed E-state index contributed by atoms with van der Waals surface area (Å²) in [5.41, 5.74) is 2.47. The lowest BCUT2D eigenvalue weighted by molar-refractivity contribution is 1.28. The van der Waals surface area contributed by atoms with E-state index in [2.05, 4.69) is 30.3 Å². The molecular formula is C54H37N. The molecule has 0 heterocycles. The van der Waals surface area contributed by atoms with E-state index in [0.29, 0.717) is 5.56 Å². The SMILES string of the molecule is [2H]c1c([2H])c([2H])c(-c2c([2H])c([2H])c(N(c3ccc(-c4cccc(-c5cccc6ccccc56)c4)cc3)c3c([2H])c([2H])c(-c4ccc5c(ccc6ccccc65)c4)c([2H])c3[2H])c([2H])c2[2H])c([2H])c1[2H]. The molecule has 1 nitrogen and oxygen atoms in total. The van der Waals surface area contributed by atoms with Crippen molar-refractivity contribution in [2.45, 2.75) is 0 Å². The van der Waals surface area contributed by atoms with E-state index in [4.69, 9.17) is 6.85 Å². The molecule has 0 saturated heterocycles. The molecule has 0 amide bonds. The minimum Gasteiger partial charge on any atom is -0.311 e. The van der Waals surface area contributed by atoms with Crippen molar-refractivity contribution in [3.05, 3.63) is 224 Å². The van der Waals surface area contributed by atoms with Gasteiger partial charge in [-0.3, -0.25) is 0 Å². The van der Waals surface area contributed by atoms with Crippen molar-refractivity contribution in [3.63, 3.8) is 0 Å². The van der Waals surface area contributed by atoms with Crippen molar-refractivity contribution in [1.82, 2.24) is 0 Å². The molecule has 258 valence electrons. The first-order valence-electron chi connectivity index (χ1n) is 24.4. The second-order valence-corrected chi connectivity index (χ2v) is 13.2. The molecule has 55 heavy (non-hydrogen) atoms. The predicted octanol–water partition coefficient (Wildman–Crippen LogP) is 15.3. The lowest BCUT2D eigenvalue weighted by Gasteiger charge is -2.26. The third-order valence-corrected chi connectivity index (χ3v) is 9.88. The van der Waals surface area contributed by atoms with Gasteiger partial charge in [0.25, 0.3) is 0 Å². The summed E-state index contributed by atoms with van der Waals surface area (Å²) in [5.74, 6) is 0. The van der Waals surface area contributed by atoms with Crippen LogP contribution in [0.4, 0.5) is 17.1 Å². The van der Waals surface area contributed by atoms with Crippen LogP contribution in [0.15, 0.2) is 224 Å². The molecule has 0 unspecified atom stereocenters. The highest BCUT2D eigenvalue weighted by Crippen LogP contribution is 2.39. The zero-order valence-corrected chi connectivity index (χ0v) is 29.3. The van der Waals surface area contributed by atoms with Crippen molar-refractivity contribution >= 4 is 49.4 Å². The van der Waals surface area contributed by atoms with Gasteiger partial charge in [-0.2, -0.15) is 0 Å². The maximum Gasteiger partial charge on any atom is 0.0645 e. The Bertz CT molecular complexity index is 3650. The zero-order chi connectivity index (χ0) is 47.9. The number of fused-ring (bicyclic) bond motifs is 4. The van der Waals surface area contributed by atoms with Gasteiger partial charge in [0.2, 0.25) is 0 Å². The third kappa shape index (κ3) is 6.22. The lowest BCUT2D eigenvalue weighted by Crippen LogP contribution is -2.09. The summed E-state index contributed by atoms with van der Waals surface area (Å²) < 4.78 is 117. The second kappa shape index (κ2) is 14.0. The van der Waals surface area contributed by atoms with E-state index in [-0.39, 0.29) is 16.9 Å². The van der Waals surface area contributed by atoms with Crippen LogP contribution < -0.4 is 4.90 Å². The van der Waals surface area contributed by atoms with Crippen LogP contribution in [0.2, 0.25) is 0 Å². The number of anilines is 3. The smallest absolute Gasteiger partial charge is 0.0645 e. The highest BCUT2D eigenvalue weighted by molar-refractivity contribution is 6.08. The van der Waals surface area contributed by atoms with Gasteiger partial charge in [0, 0.05) is 17.1 Å². The van der Waals surface area contributed by atoms with Gasteiger partial charge < -0.3 is 4.90 Å². The van der Waals surface area contributed by atoms with Crippen LogP contribution in [0.25, 0.3) is 76.8 Å². The summed E-state index contributed by atoms with van der Waals surface area (Å²) in [5, 5.41) is 6.03. The highest BCUT2D eigenvalue weighted by Gasteiger charge is 2.15. The fourth-order valence-electron chi connectivity index (χ4n) is 7.16. The summed E-state index contributed by atoms with van der Waals surface area (Å²) in [4.78, 5) is 1.18. The molecule has 1 heteroatoms. The number of rotatable bonds is 7. The predicted molar refractivity (Wildman–Crippen MR) is 235 cm³/mol. The first-order chi connectivity index (χ1) is 32.7. The average Bonchev–Trinajstić information content (AvgIpc) is 3.36. The molecule has 0 aliphatic heterocycles. The minimum atomic E-state index is -0.734. The topological polar surface area (TPSA) is 3.24 Å². The fraction of sp³-hybridized carbons (Fsp3) is 0. The summed E-state index contributed by atoms with van der Waals surface area (Å²) in [6.45, 7) is 0. The van der Waals surface area contributed by atoms with Gasteiger partial charge in [-0.25, -0.2) is 0 Å². The van der Waals surface area contributed by atoms with Gasteiger partial charge in [0.15, 0.2) is 0 Å². The molecule has 10 aromatic rings. The van der Waals surface area contributed by atoms with Crippen LogP contribution in [0.5, 0.6) is 0 Å². The van der Waals surface area contributed by atoms with Gasteiger partial charge in [0.1, 0.15) is 0 Å². The Kier molecular flexibility index (Phi) is 5.45. The monoisotopic (exact) mass is 712 g/mol. The molecule has 0 atom stereocenters. The molecule has 0 bridgehead atoms. The van der Waals surface area contributed by atoms with Crippen LogP contribution in [-0.4, -0.2) is 0 Å². The van der Waals surface area contributed by atoms with Crippen molar-refractivity contribution in [2.24, 2.45) is 0 Å². The van der Waals surface area contributed by atoms with Gasteiger partial charge >= 0.3 is 0 Å². The van der Waals surface area contributed by atoms with Crippen LogP contribution in [0.1, 0.15) is 17.8 Å². The standard InChI is InChI=1S/C54H37N/c1-2-10-38(11-3-1)39-22-29-48(30-23-39)55(50-33-26-41(27-34-50)45-28-35-54-47(37-45)21-20-43-13-5-7-18-52(43)54)49-31-24-40(25-32-49)44-15-8-16-46(36-44)53-19-9-14-42-12-4-6-17-51(42)53/h1-37H/i1D,2D,3D,10D,11D,22D,23D,26D,27D,29D,30D,33D,34D. The molecule has 0 radical (unpaired) electrons. The van der Waals surface area contributed by atoms with E-state index in [9.17, 15) is 11.0 Å². The van der Waals surface area contributed by atoms with Crippen molar-refractivity contribution < 1.29 is 17.8 Å². The largest absolute Gasteiger partial charge is 0.311 e. The average molecular weight is 713 g/mol. The molecule has 0 fully saturated rings. The Labute approximate surface area is 340 Å². The Morgan fingerprint density at radius 2 is 0.818 bits per heavy atom. The normalized spacial score (nSPS) is 14.6. The van der Waals surface area contributed by atoms with E-state index < -0.39 is 95.4 Å². The molecule has 0 N–H and O–H groups in total. The Morgan fingerprint density at radius 1 is 0.291 bits per heavy atom. The van der Waals surface area contributed by atoms with E-state index in [1.165, 1.54) is 4.90 Å². The molecule has 0 aliphatic carbocycles. The quantitative estimate of drug-likeness (QED) is 0.149. The number of nitrogens with zero attached hydrogens (tertiary/aromatic N) is 1. The zero-order valence-electron chi connectivity index (χ0n) is 42.3. The second-order valence-electron chi connectivity index (χ2n) is 13.2. The molecule has 0 saturated carbocycles. The minimum absolute atomic E-state index is 0.0243. The summed E-state index contributed by atoms with van der Waals surface area (Å²) >= 11 is 0. The maximum atomic E-state index is 9.55. The van der Waals surface area contributed by atoms with Crippen LogP contribution >= 0.6 is 0 Å². The Morgan fingerprint density at radius 3 is 1.56 bits per heavy atom. The van der Waals surface area contributed by atoms with Crippen LogP contribution in [-0.2, 0) is 0 Å².